The predicted octanol–water partition coefficient (Wildman–Crippen LogP) is 0.785. The van der Waals surface area contributed by atoms with Crippen LogP contribution in [0.5, 0.6) is 0 Å². The van der Waals surface area contributed by atoms with E-state index in [4.69, 9.17) is 10.00 Å². The van der Waals surface area contributed by atoms with Gasteiger partial charge in [0.1, 0.15) is 5.82 Å². The molecule has 0 saturated heterocycles. The Bertz CT molecular complexity index is 483. The van der Waals surface area contributed by atoms with Crippen LogP contribution in [0.25, 0.3) is 6.20 Å². The molecule has 0 fully saturated rings. The van der Waals surface area contributed by atoms with Crippen molar-refractivity contribution >= 4 is 12.2 Å². The van der Waals surface area contributed by atoms with Gasteiger partial charge in [0.05, 0.1) is 19.3 Å². The van der Waals surface area contributed by atoms with Gasteiger partial charge in [0.15, 0.2) is 11.9 Å². The molecule has 6 heteroatoms. The number of rotatable bonds is 2. The minimum absolute atomic E-state index is 0.327. The third kappa shape index (κ3) is 1.63. The summed E-state index contributed by atoms with van der Waals surface area (Å²) in [5.41, 5.74) is 0.380. The summed E-state index contributed by atoms with van der Waals surface area (Å²) >= 11 is 0. The van der Waals surface area contributed by atoms with E-state index in [2.05, 4.69) is 4.98 Å². The highest BCUT2D eigenvalue weighted by Crippen LogP contribution is 2.14. The third-order valence-corrected chi connectivity index (χ3v) is 2.19. The molecule has 0 aliphatic carbocycles. The van der Waals surface area contributed by atoms with Crippen molar-refractivity contribution in [1.29, 1.82) is 5.26 Å². The molecule has 0 amide bonds. The summed E-state index contributed by atoms with van der Waals surface area (Å²) in [5, 5.41) is 8.71. The highest BCUT2D eigenvalue weighted by molar-refractivity contribution is 5.88. The van der Waals surface area contributed by atoms with Crippen LogP contribution >= 0.6 is 0 Å². The Morgan fingerprint density at radius 3 is 3.19 bits per heavy atom. The summed E-state index contributed by atoms with van der Waals surface area (Å²) in [7, 11) is 0. The lowest BCUT2D eigenvalue weighted by atomic mass is 10.4. The number of aromatic nitrogens is 2. The lowest BCUT2D eigenvalue weighted by Crippen LogP contribution is -2.19. The van der Waals surface area contributed by atoms with Crippen LogP contribution in [-0.4, -0.2) is 27.0 Å². The summed E-state index contributed by atoms with van der Waals surface area (Å²) in [6.45, 7) is 2.44. The van der Waals surface area contributed by atoms with Gasteiger partial charge >= 0.3 is 5.97 Å². The van der Waals surface area contributed by atoms with Crippen LogP contribution in [0.2, 0.25) is 0 Å². The van der Waals surface area contributed by atoms with Crippen molar-refractivity contribution in [3.63, 3.8) is 0 Å². The van der Waals surface area contributed by atoms with Crippen molar-refractivity contribution in [2.24, 2.45) is 0 Å². The summed E-state index contributed by atoms with van der Waals surface area (Å²) < 4.78 is 6.52. The highest BCUT2D eigenvalue weighted by Gasteiger charge is 2.19. The Hall–Kier alpha value is -2.29. The molecule has 2 rings (SSSR count). The van der Waals surface area contributed by atoms with Crippen LogP contribution < -0.4 is 0 Å². The van der Waals surface area contributed by atoms with E-state index in [0.717, 1.165) is 0 Å². The van der Waals surface area contributed by atoms with E-state index >= 15 is 0 Å². The van der Waals surface area contributed by atoms with E-state index in [1.807, 2.05) is 6.19 Å². The molecule has 0 spiro atoms. The zero-order valence-corrected chi connectivity index (χ0v) is 8.75. The first-order valence-electron chi connectivity index (χ1n) is 4.84. The number of ether oxygens (including phenoxy) is 1. The van der Waals surface area contributed by atoms with Gasteiger partial charge in [-0.1, -0.05) is 0 Å². The second-order valence-electron chi connectivity index (χ2n) is 3.18. The molecule has 16 heavy (non-hydrogen) atoms. The van der Waals surface area contributed by atoms with Gasteiger partial charge < -0.3 is 4.74 Å². The largest absolute Gasteiger partial charge is 0.461 e. The molecule has 82 valence electrons. The Labute approximate surface area is 92.4 Å². The fraction of sp³-hybridized carbons (Fsp3) is 0.300. The fourth-order valence-corrected chi connectivity index (χ4v) is 1.46. The van der Waals surface area contributed by atoms with E-state index in [1.54, 1.807) is 23.9 Å². The van der Waals surface area contributed by atoms with Crippen molar-refractivity contribution in [1.82, 2.24) is 14.5 Å². The average molecular weight is 218 g/mol. The van der Waals surface area contributed by atoms with Gasteiger partial charge in [-0.25, -0.2) is 9.78 Å². The van der Waals surface area contributed by atoms with Gasteiger partial charge in [-0.05, 0) is 6.92 Å². The highest BCUT2D eigenvalue weighted by atomic mass is 16.5. The van der Waals surface area contributed by atoms with Crippen LogP contribution in [0, 0.1) is 11.5 Å². The Morgan fingerprint density at radius 1 is 1.69 bits per heavy atom. The van der Waals surface area contributed by atoms with Crippen molar-refractivity contribution in [2.45, 2.75) is 13.5 Å². The zero-order chi connectivity index (χ0) is 11.5. The maximum absolute atomic E-state index is 11.5. The molecule has 0 aromatic carbocycles. The van der Waals surface area contributed by atoms with E-state index in [9.17, 15) is 4.79 Å². The molecular formula is C10H10N4O2. The second kappa shape index (κ2) is 4.06. The van der Waals surface area contributed by atoms with Crippen molar-refractivity contribution in [3.05, 3.63) is 23.9 Å². The first-order chi connectivity index (χ1) is 7.76. The standard InChI is InChI=1S/C10H10N4O2/c1-2-16-10(15)8-5-12-9-6-13(7-11)3-4-14(8)9/h3-5H,2,6H2,1H3. The smallest absolute Gasteiger partial charge is 0.356 e. The number of nitrogens with zero attached hydrogens (tertiary/aromatic N) is 4. The van der Waals surface area contributed by atoms with Crippen LogP contribution in [0.15, 0.2) is 12.4 Å². The Morgan fingerprint density at radius 2 is 2.50 bits per heavy atom. The van der Waals surface area contributed by atoms with Crippen LogP contribution in [0.3, 0.4) is 0 Å². The van der Waals surface area contributed by atoms with Gasteiger partial charge in [0.25, 0.3) is 0 Å². The second-order valence-corrected chi connectivity index (χ2v) is 3.18. The first kappa shape index (κ1) is 10.2. The van der Waals surface area contributed by atoms with Crippen molar-refractivity contribution in [3.8, 4) is 6.19 Å². The molecule has 0 unspecified atom stereocenters. The summed E-state index contributed by atoms with van der Waals surface area (Å²) in [5.74, 6) is 0.239. The van der Waals surface area contributed by atoms with E-state index in [0.29, 0.717) is 24.7 Å². The average Bonchev–Trinajstić information content (AvgIpc) is 2.71. The van der Waals surface area contributed by atoms with Crippen LogP contribution in [0.1, 0.15) is 23.2 Å². The molecule has 0 bridgehead atoms. The minimum atomic E-state index is -0.406. The maximum atomic E-state index is 11.5. The summed E-state index contributed by atoms with van der Waals surface area (Å²) in [4.78, 5) is 17.0. The molecule has 0 saturated carbocycles. The number of nitriles is 1. The number of hydrogen-bond donors (Lipinski definition) is 0. The van der Waals surface area contributed by atoms with Crippen LogP contribution in [0.4, 0.5) is 0 Å². The van der Waals surface area contributed by atoms with Gasteiger partial charge in [0.2, 0.25) is 0 Å². The van der Waals surface area contributed by atoms with Crippen molar-refractivity contribution < 1.29 is 9.53 Å². The van der Waals surface area contributed by atoms with Crippen molar-refractivity contribution in [2.75, 3.05) is 6.61 Å². The Kier molecular flexibility index (Phi) is 2.60. The number of hydrogen-bond acceptors (Lipinski definition) is 5. The number of carbonyl (C=O) groups is 1. The molecule has 1 aromatic heterocycles. The predicted molar refractivity (Wildman–Crippen MR) is 54.7 cm³/mol. The van der Waals surface area contributed by atoms with E-state index in [1.165, 1.54) is 11.1 Å². The molecule has 2 heterocycles. The number of imidazole rings is 1. The molecule has 1 aliphatic rings. The van der Waals surface area contributed by atoms with E-state index in [-0.39, 0.29) is 0 Å². The molecule has 0 radical (unpaired) electrons. The van der Waals surface area contributed by atoms with Gasteiger partial charge in [-0.2, -0.15) is 5.26 Å². The quantitative estimate of drug-likeness (QED) is 0.542. The van der Waals surface area contributed by atoms with Gasteiger partial charge in [-0.3, -0.25) is 9.47 Å². The topological polar surface area (TPSA) is 71.2 Å². The summed E-state index contributed by atoms with van der Waals surface area (Å²) in [6.07, 6.45) is 6.66. The monoisotopic (exact) mass is 218 g/mol. The number of carbonyl (C=O) groups excluding carboxylic acids is 1. The fourth-order valence-electron chi connectivity index (χ4n) is 1.46. The molecule has 0 N–H and O–H groups in total. The number of fused-ring (bicyclic) bond motifs is 1. The molecule has 1 aliphatic heterocycles. The molecule has 0 atom stereocenters. The lowest BCUT2D eigenvalue weighted by Gasteiger charge is -2.16. The van der Waals surface area contributed by atoms with E-state index < -0.39 is 5.97 Å². The SMILES string of the molecule is CCOC(=O)c1cnc2n1C=CN(C#N)C2. The first-order valence-corrected chi connectivity index (χ1v) is 4.84. The maximum Gasteiger partial charge on any atom is 0.356 e. The number of esters is 1. The third-order valence-electron chi connectivity index (χ3n) is 2.19. The molecule has 6 nitrogen and oxygen atoms in total. The minimum Gasteiger partial charge on any atom is -0.461 e. The zero-order valence-electron chi connectivity index (χ0n) is 8.75. The summed E-state index contributed by atoms with van der Waals surface area (Å²) in [6, 6.07) is 0. The van der Waals surface area contributed by atoms with Gasteiger partial charge in [0, 0.05) is 12.4 Å². The molecule has 1 aromatic rings. The Balaban J connectivity index is 2.30. The van der Waals surface area contributed by atoms with Gasteiger partial charge in [-0.15, -0.1) is 0 Å². The van der Waals surface area contributed by atoms with Crippen LogP contribution in [-0.2, 0) is 11.3 Å². The lowest BCUT2D eigenvalue weighted by molar-refractivity contribution is 0.0517. The molecular weight excluding hydrogens is 208 g/mol. The normalized spacial score (nSPS) is 13.1.